The van der Waals surface area contributed by atoms with Gasteiger partial charge in [-0.15, -0.1) is 0 Å². The summed E-state index contributed by atoms with van der Waals surface area (Å²) >= 11 is 0. The van der Waals surface area contributed by atoms with Crippen LogP contribution in [0.15, 0.2) is 16.9 Å². The van der Waals surface area contributed by atoms with Crippen LogP contribution in [-0.4, -0.2) is 59.2 Å². The number of anilines is 1. The monoisotopic (exact) mass is 345 g/mol. The number of carbonyl (C=O) groups excluding carboxylic acids is 1. The maximum atomic E-state index is 12.5. The van der Waals surface area contributed by atoms with E-state index < -0.39 is 0 Å². The molecule has 8 nitrogen and oxygen atoms in total. The van der Waals surface area contributed by atoms with Crippen molar-refractivity contribution in [3.05, 3.63) is 29.4 Å². The third-order valence-electron chi connectivity index (χ3n) is 4.35. The topological polar surface area (TPSA) is 84.6 Å². The van der Waals surface area contributed by atoms with E-state index in [2.05, 4.69) is 15.1 Å². The Kier molecular flexibility index (Phi) is 4.87. The van der Waals surface area contributed by atoms with Gasteiger partial charge in [-0.2, -0.15) is 4.98 Å². The molecule has 2 aromatic rings. The Morgan fingerprint density at radius 2 is 2.20 bits per heavy atom. The molecule has 3 rings (SSSR count). The molecular weight excluding hydrogens is 322 g/mol. The molecule has 1 aliphatic rings. The van der Waals surface area contributed by atoms with Gasteiger partial charge < -0.3 is 19.1 Å². The van der Waals surface area contributed by atoms with Gasteiger partial charge in [-0.25, -0.2) is 0 Å². The fourth-order valence-corrected chi connectivity index (χ4v) is 2.85. The Morgan fingerprint density at radius 3 is 2.88 bits per heavy atom. The van der Waals surface area contributed by atoms with Crippen LogP contribution in [0.3, 0.4) is 0 Å². The Balaban J connectivity index is 1.58. The second-order valence-corrected chi connectivity index (χ2v) is 6.46. The third kappa shape index (κ3) is 3.89. The van der Waals surface area contributed by atoms with Crippen LogP contribution < -0.4 is 9.64 Å². The van der Waals surface area contributed by atoms with Crippen LogP contribution in [0.4, 0.5) is 5.82 Å². The van der Waals surface area contributed by atoms with Gasteiger partial charge in [0.1, 0.15) is 11.9 Å². The fourth-order valence-electron chi connectivity index (χ4n) is 2.85. The highest BCUT2D eigenvalue weighted by Crippen LogP contribution is 2.20. The summed E-state index contributed by atoms with van der Waals surface area (Å²) < 4.78 is 11.0. The Bertz CT molecular complexity index is 739. The molecule has 0 spiro atoms. The first-order valence-electron chi connectivity index (χ1n) is 8.29. The van der Waals surface area contributed by atoms with E-state index in [0.29, 0.717) is 31.2 Å². The number of aryl methyl sites for hydroxylation is 2. The summed E-state index contributed by atoms with van der Waals surface area (Å²) in [6, 6.07) is 0. The first kappa shape index (κ1) is 17.2. The average Bonchev–Trinajstić information content (AvgIpc) is 3.17. The third-order valence-corrected chi connectivity index (χ3v) is 4.35. The summed E-state index contributed by atoms with van der Waals surface area (Å²) in [5, 5.41) is 3.90. The number of hydrogen-bond donors (Lipinski definition) is 0. The first-order valence-corrected chi connectivity index (χ1v) is 8.29. The molecule has 0 N–H and O–H groups in total. The van der Waals surface area contributed by atoms with E-state index in [4.69, 9.17) is 9.26 Å². The van der Waals surface area contributed by atoms with Crippen LogP contribution >= 0.6 is 0 Å². The molecule has 0 aliphatic carbocycles. The van der Waals surface area contributed by atoms with Gasteiger partial charge in [0.25, 0.3) is 0 Å². The maximum Gasteiger partial charge on any atom is 0.234 e. The van der Waals surface area contributed by atoms with Crippen molar-refractivity contribution in [2.45, 2.75) is 32.8 Å². The van der Waals surface area contributed by atoms with Gasteiger partial charge in [-0.05, 0) is 13.8 Å². The zero-order valence-electron chi connectivity index (χ0n) is 15.0. The van der Waals surface area contributed by atoms with Crippen molar-refractivity contribution < 1.29 is 14.1 Å². The molecule has 2 aromatic heterocycles. The summed E-state index contributed by atoms with van der Waals surface area (Å²) in [6.45, 7) is 4.91. The molecule has 134 valence electrons. The SMILES string of the molecule is Cc1noc(C)c1CC(=O)N1CCC(Oc2cncc(N(C)C)n2)C1. The van der Waals surface area contributed by atoms with Crippen molar-refractivity contribution in [1.29, 1.82) is 0 Å². The van der Waals surface area contributed by atoms with Crippen molar-refractivity contribution in [2.75, 3.05) is 32.1 Å². The van der Waals surface area contributed by atoms with Gasteiger partial charge in [-0.3, -0.25) is 9.78 Å². The molecule has 1 atom stereocenters. The van der Waals surface area contributed by atoms with E-state index in [1.54, 1.807) is 12.4 Å². The van der Waals surface area contributed by atoms with Crippen LogP contribution in [0, 0.1) is 13.8 Å². The van der Waals surface area contributed by atoms with E-state index in [0.717, 1.165) is 23.5 Å². The van der Waals surface area contributed by atoms with Crippen LogP contribution in [0.2, 0.25) is 0 Å². The number of rotatable bonds is 5. The lowest BCUT2D eigenvalue weighted by molar-refractivity contribution is -0.129. The minimum absolute atomic E-state index is 0.0635. The summed E-state index contributed by atoms with van der Waals surface area (Å²) in [5.41, 5.74) is 1.65. The van der Waals surface area contributed by atoms with Crippen LogP contribution in [0.5, 0.6) is 5.88 Å². The second-order valence-electron chi connectivity index (χ2n) is 6.46. The normalized spacial score (nSPS) is 17.0. The molecule has 3 heterocycles. The van der Waals surface area contributed by atoms with E-state index in [1.165, 1.54) is 0 Å². The minimum Gasteiger partial charge on any atom is -0.471 e. The number of likely N-dealkylation sites (tertiary alicyclic amines) is 1. The Hall–Kier alpha value is -2.64. The fraction of sp³-hybridized carbons (Fsp3) is 0.529. The Labute approximate surface area is 146 Å². The van der Waals surface area contributed by atoms with E-state index in [-0.39, 0.29) is 12.0 Å². The van der Waals surface area contributed by atoms with Crippen molar-refractivity contribution >= 4 is 11.7 Å². The summed E-state index contributed by atoms with van der Waals surface area (Å²) in [5.74, 6) is 1.99. The number of amides is 1. The predicted octanol–water partition coefficient (Wildman–Crippen LogP) is 1.37. The second kappa shape index (κ2) is 7.08. The van der Waals surface area contributed by atoms with Crippen molar-refractivity contribution in [2.24, 2.45) is 0 Å². The quantitative estimate of drug-likeness (QED) is 0.809. The van der Waals surface area contributed by atoms with Gasteiger partial charge in [-0.1, -0.05) is 5.16 Å². The molecular formula is C17H23N5O3. The largest absolute Gasteiger partial charge is 0.471 e. The Morgan fingerprint density at radius 1 is 1.40 bits per heavy atom. The van der Waals surface area contributed by atoms with Crippen molar-refractivity contribution in [3.63, 3.8) is 0 Å². The molecule has 8 heteroatoms. The molecule has 1 unspecified atom stereocenters. The van der Waals surface area contributed by atoms with Crippen LogP contribution in [0.25, 0.3) is 0 Å². The van der Waals surface area contributed by atoms with E-state index in [1.807, 2.05) is 37.7 Å². The van der Waals surface area contributed by atoms with Gasteiger partial charge >= 0.3 is 0 Å². The lowest BCUT2D eigenvalue weighted by atomic mass is 10.1. The molecule has 1 amide bonds. The highest BCUT2D eigenvalue weighted by atomic mass is 16.5. The zero-order valence-corrected chi connectivity index (χ0v) is 15.0. The van der Waals surface area contributed by atoms with E-state index in [9.17, 15) is 4.79 Å². The zero-order chi connectivity index (χ0) is 18.0. The van der Waals surface area contributed by atoms with Gasteiger partial charge in [0, 0.05) is 32.6 Å². The lowest BCUT2D eigenvalue weighted by Crippen LogP contribution is -2.32. The first-order chi connectivity index (χ1) is 11.9. The van der Waals surface area contributed by atoms with Gasteiger partial charge in [0.2, 0.25) is 11.8 Å². The van der Waals surface area contributed by atoms with Gasteiger partial charge in [0.05, 0.1) is 31.1 Å². The van der Waals surface area contributed by atoms with Crippen LogP contribution in [0.1, 0.15) is 23.4 Å². The number of hydrogen-bond acceptors (Lipinski definition) is 7. The number of nitrogens with zero attached hydrogens (tertiary/aromatic N) is 5. The standard InChI is InChI=1S/C17H23N5O3/c1-11-14(12(2)25-20-11)7-17(23)22-6-5-13(10-22)24-16-9-18-8-15(19-16)21(3)4/h8-9,13H,5-7,10H2,1-4H3. The highest BCUT2D eigenvalue weighted by molar-refractivity contribution is 5.79. The predicted molar refractivity (Wildman–Crippen MR) is 91.7 cm³/mol. The number of ether oxygens (including phenoxy) is 1. The molecule has 25 heavy (non-hydrogen) atoms. The molecule has 1 saturated heterocycles. The minimum atomic E-state index is -0.0691. The summed E-state index contributed by atoms with van der Waals surface area (Å²) in [4.78, 5) is 24.8. The maximum absolute atomic E-state index is 12.5. The highest BCUT2D eigenvalue weighted by Gasteiger charge is 2.29. The van der Waals surface area contributed by atoms with Crippen molar-refractivity contribution in [3.8, 4) is 5.88 Å². The summed E-state index contributed by atoms with van der Waals surface area (Å²) in [6.07, 6.45) is 4.30. The smallest absolute Gasteiger partial charge is 0.234 e. The molecule has 0 aromatic carbocycles. The van der Waals surface area contributed by atoms with Crippen LogP contribution in [-0.2, 0) is 11.2 Å². The van der Waals surface area contributed by atoms with Gasteiger partial charge in [0.15, 0.2) is 5.82 Å². The molecule has 1 fully saturated rings. The number of aromatic nitrogens is 3. The summed E-state index contributed by atoms with van der Waals surface area (Å²) in [7, 11) is 3.80. The van der Waals surface area contributed by atoms with Crippen molar-refractivity contribution in [1.82, 2.24) is 20.0 Å². The number of carbonyl (C=O) groups is 1. The molecule has 0 radical (unpaired) electrons. The lowest BCUT2D eigenvalue weighted by Gasteiger charge is -2.17. The molecule has 0 bridgehead atoms. The average molecular weight is 345 g/mol. The van der Waals surface area contributed by atoms with E-state index >= 15 is 0 Å². The molecule has 1 aliphatic heterocycles. The molecule has 0 saturated carbocycles.